The van der Waals surface area contributed by atoms with E-state index in [9.17, 15) is 4.79 Å². The quantitative estimate of drug-likeness (QED) is 0.772. The van der Waals surface area contributed by atoms with Crippen molar-refractivity contribution in [2.45, 2.75) is 6.54 Å². The molecule has 0 spiro atoms. The van der Waals surface area contributed by atoms with Gasteiger partial charge in [-0.1, -0.05) is 6.07 Å². The number of ether oxygens (including phenoxy) is 2. The predicted molar refractivity (Wildman–Crippen MR) is 87.8 cm³/mol. The fourth-order valence-electron chi connectivity index (χ4n) is 2.43. The maximum Gasteiger partial charge on any atom is 0.263 e. The topological polar surface area (TPSA) is 86.5 Å². The number of amides is 1. The molecule has 0 bridgehead atoms. The lowest BCUT2D eigenvalue weighted by Gasteiger charge is -2.05. The number of anilines is 1. The second-order valence-corrected chi connectivity index (χ2v) is 6.07. The molecule has 4 rings (SSSR count). The molecule has 2 aromatic heterocycles. The lowest BCUT2D eigenvalue weighted by Crippen LogP contribution is -2.22. The zero-order valence-corrected chi connectivity index (χ0v) is 12.9. The summed E-state index contributed by atoms with van der Waals surface area (Å²) in [6.45, 7) is 0.618. The maximum atomic E-state index is 12.4. The lowest BCUT2D eigenvalue weighted by atomic mass is 10.2. The van der Waals surface area contributed by atoms with E-state index in [1.54, 1.807) is 12.3 Å². The van der Waals surface area contributed by atoms with Crippen LogP contribution in [0.2, 0.25) is 0 Å². The number of rotatable bonds is 3. The van der Waals surface area contributed by atoms with E-state index in [1.165, 1.54) is 11.3 Å². The molecule has 0 atom stereocenters. The van der Waals surface area contributed by atoms with Crippen molar-refractivity contribution in [2.75, 3.05) is 12.5 Å². The molecule has 6 nitrogen and oxygen atoms in total. The number of aromatic nitrogens is 1. The molecule has 1 aromatic carbocycles. The molecule has 0 radical (unpaired) electrons. The number of benzene rings is 1. The van der Waals surface area contributed by atoms with E-state index in [0.717, 1.165) is 21.5 Å². The van der Waals surface area contributed by atoms with Gasteiger partial charge in [0, 0.05) is 18.1 Å². The van der Waals surface area contributed by atoms with Crippen molar-refractivity contribution in [3.8, 4) is 11.5 Å². The molecule has 1 amide bonds. The van der Waals surface area contributed by atoms with E-state index >= 15 is 0 Å². The van der Waals surface area contributed by atoms with Gasteiger partial charge in [0.2, 0.25) is 6.79 Å². The molecule has 23 heavy (non-hydrogen) atoms. The molecule has 0 saturated carbocycles. The first-order chi connectivity index (χ1) is 11.2. The van der Waals surface area contributed by atoms with Crippen molar-refractivity contribution in [1.29, 1.82) is 0 Å². The fourth-order valence-corrected chi connectivity index (χ4v) is 3.41. The molecule has 0 saturated heterocycles. The normalized spacial score (nSPS) is 12.5. The third-order valence-corrected chi connectivity index (χ3v) is 4.73. The Labute approximate surface area is 135 Å². The number of hydrogen-bond acceptors (Lipinski definition) is 6. The summed E-state index contributed by atoms with van der Waals surface area (Å²) in [6, 6.07) is 9.26. The van der Waals surface area contributed by atoms with Gasteiger partial charge in [0.25, 0.3) is 5.91 Å². The monoisotopic (exact) mass is 327 g/mol. The number of nitrogens with two attached hydrogens (primary N) is 1. The van der Waals surface area contributed by atoms with Crippen LogP contribution in [0.15, 0.2) is 36.5 Å². The summed E-state index contributed by atoms with van der Waals surface area (Å²) in [5.74, 6) is 1.21. The van der Waals surface area contributed by atoms with Crippen LogP contribution in [0.25, 0.3) is 10.2 Å². The number of fused-ring (bicyclic) bond motifs is 2. The van der Waals surface area contributed by atoms with Crippen LogP contribution in [-0.2, 0) is 6.54 Å². The number of thiophene rings is 1. The summed E-state index contributed by atoms with van der Waals surface area (Å²) in [6.07, 6.45) is 1.69. The summed E-state index contributed by atoms with van der Waals surface area (Å²) in [4.78, 5) is 17.9. The standard InChI is InChI=1S/C16H13N3O3S/c17-13-10-2-1-5-18-16(10)23-14(13)15(20)19-7-9-3-4-11-12(6-9)22-8-21-11/h1-6H,7-8,17H2,(H,19,20). The van der Waals surface area contributed by atoms with Crippen molar-refractivity contribution < 1.29 is 14.3 Å². The predicted octanol–water partition coefficient (Wildman–Crippen LogP) is 2.54. The average molecular weight is 327 g/mol. The van der Waals surface area contributed by atoms with E-state index < -0.39 is 0 Å². The van der Waals surface area contributed by atoms with E-state index in [0.29, 0.717) is 22.9 Å². The Morgan fingerprint density at radius 2 is 2.17 bits per heavy atom. The Morgan fingerprint density at radius 3 is 3.04 bits per heavy atom. The van der Waals surface area contributed by atoms with Gasteiger partial charge in [-0.3, -0.25) is 4.79 Å². The van der Waals surface area contributed by atoms with Gasteiger partial charge in [-0.05, 0) is 29.8 Å². The summed E-state index contributed by atoms with van der Waals surface area (Å²) in [5.41, 5.74) is 7.46. The molecule has 3 aromatic rings. The van der Waals surface area contributed by atoms with Crippen LogP contribution in [-0.4, -0.2) is 17.7 Å². The molecule has 7 heteroatoms. The second kappa shape index (κ2) is 5.44. The van der Waals surface area contributed by atoms with Gasteiger partial charge in [0.1, 0.15) is 9.71 Å². The van der Waals surface area contributed by atoms with E-state index in [-0.39, 0.29) is 12.7 Å². The number of carbonyl (C=O) groups excluding carboxylic acids is 1. The van der Waals surface area contributed by atoms with Gasteiger partial charge in [0.05, 0.1) is 5.69 Å². The highest BCUT2D eigenvalue weighted by Gasteiger charge is 2.17. The number of carbonyl (C=O) groups is 1. The van der Waals surface area contributed by atoms with Crippen LogP contribution in [0.3, 0.4) is 0 Å². The van der Waals surface area contributed by atoms with Crippen LogP contribution < -0.4 is 20.5 Å². The van der Waals surface area contributed by atoms with Gasteiger partial charge in [-0.2, -0.15) is 0 Å². The first kappa shape index (κ1) is 13.8. The number of hydrogen-bond donors (Lipinski definition) is 2. The molecule has 1 aliphatic heterocycles. The summed E-state index contributed by atoms with van der Waals surface area (Å²) >= 11 is 1.29. The highest BCUT2D eigenvalue weighted by atomic mass is 32.1. The third kappa shape index (κ3) is 2.44. The number of nitrogen functional groups attached to an aromatic ring is 1. The highest BCUT2D eigenvalue weighted by molar-refractivity contribution is 7.21. The number of pyridine rings is 1. The van der Waals surface area contributed by atoms with Gasteiger partial charge in [-0.15, -0.1) is 11.3 Å². The Morgan fingerprint density at radius 1 is 1.30 bits per heavy atom. The third-order valence-electron chi connectivity index (χ3n) is 3.60. The van der Waals surface area contributed by atoms with Crippen molar-refractivity contribution in [3.63, 3.8) is 0 Å². The Bertz CT molecular complexity index is 907. The largest absolute Gasteiger partial charge is 0.454 e. The van der Waals surface area contributed by atoms with Crippen molar-refractivity contribution in [1.82, 2.24) is 10.3 Å². The zero-order chi connectivity index (χ0) is 15.8. The van der Waals surface area contributed by atoms with Crippen LogP contribution >= 0.6 is 11.3 Å². The van der Waals surface area contributed by atoms with Crippen molar-refractivity contribution in [3.05, 3.63) is 47.0 Å². The number of nitrogens with one attached hydrogen (secondary N) is 1. The molecular weight excluding hydrogens is 314 g/mol. The molecule has 0 aliphatic carbocycles. The zero-order valence-electron chi connectivity index (χ0n) is 12.0. The van der Waals surface area contributed by atoms with Crippen molar-refractivity contribution >= 4 is 33.1 Å². The first-order valence-corrected chi connectivity index (χ1v) is 7.84. The minimum Gasteiger partial charge on any atom is -0.454 e. The van der Waals surface area contributed by atoms with Gasteiger partial charge < -0.3 is 20.5 Å². The summed E-state index contributed by atoms with van der Waals surface area (Å²) in [5, 5.41) is 3.69. The minimum atomic E-state index is -0.205. The molecule has 0 unspecified atom stereocenters. The average Bonchev–Trinajstić information content (AvgIpc) is 3.17. The molecule has 116 valence electrons. The van der Waals surface area contributed by atoms with Crippen LogP contribution in [0.4, 0.5) is 5.69 Å². The number of nitrogens with zero attached hydrogens (tertiary/aromatic N) is 1. The Balaban J connectivity index is 1.52. The van der Waals surface area contributed by atoms with Crippen LogP contribution in [0, 0.1) is 0 Å². The highest BCUT2D eigenvalue weighted by Crippen LogP contribution is 2.33. The first-order valence-electron chi connectivity index (χ1n) is 7.02. The Hall–Kier alpha value is -2.80. The molecule has 3 N–H and O–H groups in total. The van der Waals surface area contributed by atoms with Crippen LogP contribution in [0.5, 0.6) is 11.5 Å². The SMILES string of the molecule is Nc1c(C(=O)NCc2ccc3c(c2)OCO3)sc2ncccc12. The Kier molecular flexibility index (Phi) is 3.27. The van der Waals surface area contributed by atoms with Crippen LogP contribution in [0.1, 0.15) is 15.2 Å². The van der Waals surface area contributed by atoms with Gasteiger partial charge >= 0.3 is 0 Å². The van der Waals surface area contributed by atoms with E-state index in [2.05, 4.69) is 10.3 Å². The molecule has 3 heterocycles. The summed E-state index contributed by atoms with van der Waals surface area (Å²) < 4.78 is 10.6. The summed E-state index contributed by atoms with van der Waals surface area (Å²) in [7, 11) is 0. The minimum absolute atomic E-state index is 0.205. The lowest BCUT2D eigenvalue weighted by molar-refractivity contribution is 0.0955. The van der Waals surface area contributed by atoms with Gasteiger partial charge in [-0.25, -0.2) is 4.98 Å². The molecule has 1 aliphatic rings. The van der Waals surface area contributed by atoms with Crippen molar-refractivity contribution in [2.24, 2.45) is 0 Å². The van der Waals surface area contributed by atoms with Gasteiger partial charge in [0.15, 0.2) is 11.5 Å². The maximum absolute atomic E-state index is 12.4. The fraction of sp³-hybridized carbons (Fsp3) is 0.125. The smallest absolute Gasteiger partial charge is 0.263 e. The van der Waals surface area contributed by atoms with E-state index in [4.69, 9.17) is 15.2 Å². The van der Waals surface area contributed by atoms with E-state index in [1.807, 2.05) is 24.3 Å². The molecule has 0 fully saturated rings. The molecular formula is C16H13N3O3S. The second-order valence-electron chi connectivity index (χ2n) is 5.07.